The molecule has 8 heteroatoms. The van der Waals surface area contributed by atoms with Gasteiger partial charge in [0, 0.05) is 16.5 Å². The summed E-state index contributed by atoms with van der Waals surface area (Å²) in [5.74, 6) is -4.65. The summed E-state index contributed by atoms with van der Waals surface area (Å²) >= 11 is 7.38. The summed E-state index contributed by atoms with van der Waals surface area (Å²) in [6.45, 7) is 0. The smallest absolute Gasteiger partial charge is 0.327 e. The Morgan fingerprint density at radius 1 is 0.923 bits per heavy atom. The molecule has 0 saturated carbocycles. The van der Waals surface area contributed by atoms with Gasteiger partial charge in [0.2, 0.25) is 0 Å². The number of ketones is 1. The first-order chi connectivity index (χ1) is 18.8. The standard InChI is InChI=1S/C31H23ClFNO4S/c32-22-14-12-20(13-15-22)26-27(29(35)25-10-5-17-39-25)24(16-11-19-6-2-1-3-7-19)34(28(26)31(37)38)30(36)21-8-4-9-23(33)18-21/h1-18,24,26-28H,(H,37,38). The normalized spacial score (nSPS) is 20.8. The average Bonchev–Trinajstić information content (AvgIpc) is 3.59. The summed E-state index contributed by atoms with van der Waals surface area (Å²) in [5, 5.41) is 12.8. The minimum atomic E-state index is -1.40. The summed E-state index contributed by atoms with van der Waals surface area (Å²) in [6.07, 6.45) is 3.48. The molecule has 1 aromatic heterocycles. The van der Waals surface area contributed by atoms with E-state index in [0.29, 0.717) is 15.5 Å². The number of nitrogens with zero attached hydrogens (tertiary/aromatic N) is 1. The maximum atomic E-state index is 14.1. The molecule has 4 atom stereocenters. The maximum Gasteiger partial charge on any atom is 0.327 e. The van der Waals surface area contributed by atoms with Gasteiger partial charge in [-0.25, -0.2) is 9.18 Å². The molecule has 4 aromatic rings. The van der Waals surface area contributed by atoms with Crippen LogP contribution in [0.15, 0.2) is 102 Å². The van der Waals surface area contributed by atoms with Crippen LogP contribution in [0, 0.1) is 11.7 Å². The fourth-order valence-corrected chi connectivity index (χ4v) is 6.05. The van der Waals surface area contributed by atoms with Gasteiger partial charge in [0.1, 0.15) is 11.9 Å². The number of carboxylic acid groups (broad SMARTS) is 1. The molecule has 1 aliphatic rings. The van der Waals surface area contributed by atoms with E-state index in [9.17, 15) is 23.9 Å². The minimum absolute atomic E-state index is 0.00144. The fraction of sp³-hybridized carbons (Fsp3) is 0.129. The Labute approximate surface area is 233 Å². The summed E-state index contributed by atoms with van der Waals surface area (Å²) in [6, 6.07) is 22.2. The summed E-state index contributed by atoms with van der Waals surface area (Å²) < 4.78 is 14.1. The van der Waals surface area contributed by atoms with E-state index >= 15 is 0 Å². The first kappa shape index (κ1) is 26.5. The van der Waals surface area contributed by atoms with Crippen LogP contribution in [0.2, 0.25) is 5.02 Å². The van der Waals surface area contributed by atoms with Crippen LogP contribution in [-0.2, 0) is 4.79 Å². The van der Waals surface area contributed by atoms with Gasteiger partial charge in [-0.1, -0.05) is 78.4 Å². The van der Waals surface area contributed by atoms with Crippen molar-refractivity contribution in [1.29, 1.82) is 0 Å². The number of aliphatic carboxylic acids is 1. The van der Waals surface area contributed by atoms with E-state index in [-0.39, 0.29) is 11.3 Å². The van der Waals surface area contributed by atoms with Gasteiger partial charge in [-0.2, -0.15) is 0 Å². The molecule has 0 bridgehead atoms. The number of benzene rings is 3. The van der Waals surface area contributed by atoms with Crippen molar-refractivity contribution in [1.82, 2.24) is 4.90 Å². The third kappa shape index (κ3) is 5.41. The number of halogens is 2. The second kappa shape index (κ2) is 11.4. The van der Waals surface area contributed by atoms with Gasteiger partial charge in [0.05, 0.1) is 16.8 Å². The molecule has 196 valence electrons. The van der Waals surface area contributed by atoms with E-state index in [1.807, 2.05) is 30.3 Å². The molecule has 1 fully saturated rings. The van der Waals surface area contributed by atoms with Crippen LogP contribution in [0.25, 0.3) is 6.08 Å². The Hall–Kier alpha value is -4.07. The number of thiophene rings is 1. The van der Waals surface area contributed by atoms with Crippen molar-refractivity contribution in [2.24, 2.45) is 5.92 Å². The zero-order valence-electron chi connectivity index (χ0n) is 20.5. The van der Waals surface area contributed by atoms with E-state index in [2.05, 4.69) is 0 Å². The van der Waals surface area contributed by atoms with Gasteiger partial charge in [-0.3, -0.25) is 9.59 Å². The van der Waals surface area contributed by atoms with Crippen LogP contribution in [0.4, 0.5) is 4.39 Å². The molecule has 0 aliphatic carbocycles. The number of hydrogen-bond acceptors (Lipinski definition) is 4. The van der Waals surface area contributed by atoms with Crippen molar-refractivity contribution in [3.8, 4) is 0 Å². The average molecular weight is 560 g/mol. The number of carbonyl (C=O) groups is 3. The number of rotatable bonds is 7. The van der Waals surface area contributed by atoms with Crippen molar-refractivity contribution in [2.75, 3.05) is 0 Å². The van der Waals surface area contributed by atoms with Crippen molar-refractivity contribution < 1.29 is 23.9 Å². The Morgan fingerprint density at radius 2 is 1.67 bits per heavy atom. The van der Waals surface area contributed by atoms with Gasteiger partial charge in [0.15, 0.2) is 5.78 Å². The lowest BCUT2D eigenvalue weighted by Crippen LogP contribution is -2.46. The summed E-state index contributed by atoms with van der Waals surface area (Å²) in [7, 11) is 0. The Bertz CT molecular complexity index is 1520. The van der Waals surface area contributed by atoms with Gasteiger partial charge in [-0.05, 0) is 52.9 Å². The number of hydrogen-bond donors (Lipinski definition) is 1. The van der Waals surface area contributed by atoms with Crippen molar-refractivity contribution in [3.05, 3.63) is 135 Å². The minimum Gasteiger partial charge on any atom is -0.480 e. The van der Waals surface area contributed by atoms with Crippen molar-refractivity contribution in [3.63, 3.8) is 0 Å². The highest BCUT2D eigenvalue weighted by Gasteiger charge is 2.56. The Balaban J connectivity index is 1.72. The van der Waals surface area contributed by atoms with Crippen molar-refractivity contribution >= 4 is 46.7 Å². The summed E-state index contributed by atoms with van der Waals surface area (Å²) in [5.41, 5.74) is 1.38. The zero-order chi connectivity index (χ0) is 27.5. The van der Waals surface area contributed by atoms with Crippen molar-refractivity contribution in [2.45, 2.75) is 18.0 Å². The number of carbonyl (C=O) groups excluding carboxylic acids is 2. The van der Waals surface area contributed by atoms with Crippen LogP contribution < -0.4 is 0 Å². The predicted octanol–water partition coefficient (Wildman–Crippen LogP) is 6.81. The molecule has 0 spiro atoms. The van der Waals surface area contributed by atoms with Crippen LogP contribution in [0.3, 0.4) is 0 Å². The summed E-state index contributed by atoms with van der Waals surface area (Å²) in [4.78, 5) is 42.6. The van der Waals surface area contributed by atoms with Crippen LogP contribution >= 0.6 is 22.9 Å². The Morgan fingerprint density at radius 3 is 2.31 bits per heavy atom. The number of amides is 1. The van der Waals surface area contributed by atoms with Gasteiger partial charge < -0.3 is 10.0 Å². The van der Waals surface area contributed by atoms with Crippen LogP contribution in [-0.4, -0.2) is 39.7 Å². The lowest BCUT2D eigenvalue weighted by molar-refractivity contribution is -0.142. The number of carboxylic acids is 1. The maximum absolute atomic E-state index is 14.1. The highest BCUT2D eigenvalue weighted by Crippen LogP contribution is 2.46. The first-order valence-electron chi connectivity index (χ1n) is 12.2. The fourth-order valence-electron chi connectivity index (χ4n) is 5.21. The molecule has 1 N–H and O–H groups in total. The molecular formula is C31H23ClFNO4S. The topological polar surface area (TPSA) is 74.7 Å². The molecule has 39 heavy (non-hydrogen) atoms. The molecule has 3 aromatic carbocycles. The number of likely N-dealkylation sites (tertiary alicyclic amines) is 1. The molecule has 5 nitrogen and oxygen atoms in total. The van der Waals surface area contributed by atoms with E-state index in [1.54, 1.807) is 53.9 Å². The first-order valence-corrected chi connectivity index (χ1v) is 13.5. The molecule has 2 heterocycles. The lowest BCUT2D eigenvalue weighted by atomic mass is 9.78. The third-order valence-electron chi connectivity index (χ3n) is 6.88. The second-order valence-electron chi connectivity index (χ2n) is 9.21. The molecule has 0 radical (unpaired) electrons. The molecular weight excluding hydrogens is 537 g/mol. The van der Waals surface area contributed by atoms with Gasteiger partial charge in [-0.15, -0.1) is 11.3 Å². The Kier molecular flexibility index (Phi) is 7.72. The van der Waals surface area contributed by atoms with E-state index in [0.717, 1.165) is 11.6 Å². The second-order valence-corrected chi connectivity index (χ2v) is 10.6. The highest BCUT2D eigenvalue weighted by molar-refractivity contribution is 7.12. The highest BCUT2D eigenvalue weighted by atomic mass is 35.5. The zero-order valence-corrected chi connectivity index (χ0v) is 22.1. The molecule has 1 amide bonds. The van der Waals surface area contributed by atoms with Crippen LogP contribution in [0.1, 0.15) is 37.1 Å². The largest absolute Gasteiger partial charge is 0.480 e. The molecule has 5 rings (SSSR count). The van der Waals surface area contributed by atoms with E-state index in [1.165, 1.54) is 34.4 Å². The lowest BCUT2D eigenvalue weighted by Gasteiger charge is -2.28. The van der Waals surface area contributed by atoms with Crippen LogP contribution in [0.5, 0.6) is 0 Å². The third-order valence-corrected chi connectivity index (χ3v) is 8.02. The number of Topliss-reactive ketones (excluding diaryl/α,β-unsaturated/α-hetero) is 1. The van der Waals surface area contributed by atoms with Gasteiger partial charge >= 0.3 is 5.97 Å². The monoisotopic (exact) mass is 559 g/mol. The van der Waals surface area contributed by atoms with E-state index < -0.39 is 41.6 Å². The quantitative estimate of drug-likeness (QED) is 0.252. The molecule has 1 saturated heterocycles. The molecule has 4 unspecified atom stereocenters. The van der Waals surface area contributed by atoms with E-state index in [4.69, 9.17) is 11.6 Å². The SMILES string of the molecule is O=C(c1cccs1)C1C(c2ccc(Cl)cc2)C(C(=O)O)N(C(=O)c2cccc(F)c2)C1C=Cc1ccccc1. The van der Waals surface area contributed by atoms with Gasteiger partial charge in [0.25, 0.3) is 5.91 Å². The predicted molar refractivity (Wildman–Crippen MR) is 150 cm³/mol. The molecule has 1 aliphatic heterocycles.